The van der Waals surface area contributed by atoms with Gasteiger partial charge in [0.2, 0.25) is 5.91 Å². The molecule has 31 heavy (non-hydrogen) atoms. The predicted octanol–water partition coefficient (Wildman–Crippen LogP) is 3.97. The molecule has 0 fully saturated rings. The molecule has 0 aromatic heterocycles. The summed E-state index contributed by atoms with van der Waals surface area (Å²) < 4.78 is 16.5. The number of carbonyl (C=O) groups excluding carboxylic acids is 1. The Bertz CT molecular complexity index is 897. The van der Waals surface area contributed by atoms with E-state index in [0.717, 1.165) is 31.0 Å². The molecular formula is C25H34N2O4. The van der Waals surface area contributed by atoms with Crippen molar-refractivity contribution in [3.05, 3.63) is 53.1 Å². The van der Waals surface area contributed by atoms with Gasteiger partial charge in [0, 0.05) is 26.1 Å². The Morgan fingerprint density at radius 2 is 1.84 bits per heavy atom. The van der Waals surface area contributed by atoms with Crippen LogP contribution in [0.3, 0.4) is 0 Å². The van der Waals surface area contributed by atoms with E-state index in [1.54, 1.807) is 21.3 Å². The first-order valence-electron chi connectivity index (χ1n) is 10.8. The summed E-state index contributed by atoms with van der Waals surface area (Å²) in [7, 11) is 5.00. The lowest BCUT2D eigenvalue weighted by Gasteiger charge is -2.38. The molecule has 2 aromatic rings. The third kappa shape index (κ3) is 5.70. The van der Waals surface area contributed by atoms with Gasteiger partial charge in [-0.25, -0.2) is 0 Å². The van der Waals surface area contributed by atoms with Crippen LogP contribution in [0.15, 0.2) is 36.4 Å². The molecule has 1 unspecified atom stereocenters. The van der Waals surface area contributed by atoms with Gasteiger partial charge in [0.15, 0.2) is 11.5 Å². The van der Waals surface area contributed by atoms with E-state index in [9.17, 15) is 4.79 Å². The zero-order valence-corrected chi connectivity index (χ0v) is 19.2. The van der Waals surface area contributed by atoms with Crippen molar-refractivity contribution in [3.63, 3.8) is 0 Å². The zero-order chi connectivity index (χ0) is 22.4. The van der Waals surface area contributed by atoms with Gasteiger partial charge < -0.3 is 19.5 Å². The molecule has 1 aliphatic heterocycles. The average Bonchev–Trinajstić information content (AvgIpc) is 2.76. The Kier molecular flexibility index (Phi) is 7.80. The summed E-state index contributed by atoms with van der Waals surface area (Å²) in [5.41, 5.74) is 3.60. The Morgan fingerprint density at radius 3 is 2.52 bits per heavy atom. The Labute approximate surface area is 185 Å². The Hall–Kier alpha value is -2.73. The highest BCUT2D eigenvalue weighted by atomic mass is 16.5. The standard InChI is InChI=1S/C25H34N2O4/c1-17(2)11-25(28)26-15-22-21-14-24(31-5)23(30-4)13-19(21)9-10-27(22)16-18-7-6-8-20(12-18)29-3/h6-8,12-14,17,22H,9-11,15-16H2,1-5H3,(H,26,28). The lowest BCUT2D eigenvalue weighted by molar-refractivity contribution is -0.122. The van der Waals surface area contributed by atoms with Crippen molar-refractivity contribution >= 4 is 5.91 Å². The summed E-state index contributed by atoms with van der Waals surface area (Å²) >= 11 is 0. The third-order valence-electron chi connectivity index (χ3n) is 5.72. The van der Waals surface area contributed by atoms with Crippen LogP contribution in [0.5, 0.6) is 17.2 Å². The van der Waals surface area contributed by atoms with Gasteiger partial charge >= 0.3 is 0 Å². The molecule has 6 heteroatoms. The summed E-state index contributed by atoms with van der Waals surface area (Å²) in [6.45, 7) is 6.33. The predicted molar refractivity (Wildman–Crippen MR) is 122 cm³/mol. The fraction of sp³-hybridized carbons (Fsp3) is 0.480. The number of nitrogens with one attached hydrogen (secondary N) is 1. The van der Waals surface area contributed by atoms with E-state index in [2.05, 4.69) is 48.3 Å². The number of ether oxygens (including phenoxy) is 3. The number of rotatable bonds is 9. The van der Waals surface area contributed by atoms with Gasteiger partial charge in [-0.2, -0.15) is 0 Å². The topological polar surface area (TPSA) is 60.0 Å². The van der Waals surface area contributed by atoms with Crippen LogP contribution in [-0.4, -0.2) is 45.2 Å². The number of nitrogens with zero attached hydrogens (tertiary/aromatic N) is 1. The summed E-state index contributed by atoms with van der Waals surface area (Å²) in [5, 5.41) is 3.15. The molecule has 1 amide bonds. The van der Waals surface area contributed by atoms with Crippen LogP contribution >= 0.6 is 0 Å². The molecule has 0 saturated carbocycles. The van der Waals surface area contributed by atoms with Gasteiger partial charge in [-0.1, -0.05) is 26.0 Å². The molecule has 0 spiro atoms. The minimum absolute atomic E-state index is 0.0471. The van der Waals surface area contributed by atoms with Crippen LogP contribution in [0.2, 0.25) is 0 Å². The lowest BCUT2D eigenvalue weighted by Crippen LogP contribution is -2.42. The van der Waals surface area contributed by atoms with Crippen LogP contribution in [0.1, 0.15) is 43.0 Å². The molecule has 1 atom stereocenters. The Morgan fingerprint density at radius 1 is 1.10 bits per heavy atom. The molecule has 6 nitrogen and oxygen atoms in total. The first kappa shape index (κ1) is 22.9. The highest BCUT2D eigenvalue weighted by Gasteiger charge is 2.29. The molecule has 2 aromatic carbocycles. The van der Waals surface area contributed by atoms with Crippen molar-refractivity contribution in [1.29, 1.82) is 0 Å². The minimum Gasteiger partial charge on any atom is -0.497 e. The van der Waals surface area contributed by atoms with Gasteiger partial charge in [-0.15, -0.1) is 0 Å². The monoisotopic (exact) mass is 426 g/mol. The smallest absolute Gasteiger partial charge is 0.220 e. The first-order chi connectivity index (χ1) is 14.9. The van der Waals surface area contributed by atoms with Crippen LogP contribution in [0.25, 0.3) is 0 Å². The second-order valence-electron chi connectivity index (χ2n) is 8.40. The minimum atomic E-state index is 0.0471. The highest BCUT2D eigenvalue weighted by molar-refractivity contribution is 5.76. The van der Waals surface area contributed by atoms with E-state index in [4.69, 9.17) is 14.2 Å². The van der Waals surface area contributed by atoms with Crippen LogP contribution < -0.4 is 19.5 Å². The molecule has 1 aliphatic rings. The van der Waals surface area contributed by atoms with Crippen LogP contribution in [-0.2, 0) is 17.8 Å². The summed E-state index contributed by atoms with van der Waals surface area (Å²) in [6, 6.07) is 12.3. The molecule has 0 radical (unpaired) electrons. The number of hydrogen-bond donors (Lipinski definition) is 1. The third-order valence-corrected chi connectivity index (χ3v) is 5.72. The van der Waals surface area contributed by atoms with Crippen molar-refractivity contribution in [3.8, 4) is 17.2 Å². The van der Waals surface area contributed by atoms with Crippen molar-refractivity contribution < 1.29 is 19.0 Å². The van der Waals surface area contributed by atoms with Gasteiger partial charge in [-0.05, 0) is 53.3 Å². The van der Waals surface area contributed by atoms with Crippen LogP contribution in [0.4, 0.5) is 0 Å². The van der Waals surface area contributed by atoms with E-state index in [-0.39, 0.29) is 11.9 Å². The summed E-state index contributed by atoms with van der Waals surface area (Å²) in [5.74, 6) is 2.72. The van der Waals surface area contributed by atoms with Gasteiger partial charge in [0.05, 0.1) is 27.4 Å². The molecule has 0 saturated heterocycles. The fourth-order valence-corrected chi connectivity index (χ4v) is 4.17. The molecule has 1 N–H and O–H groups in total. The zero-order valence-electron chi connectivity index (χ0n) is 19.2. The number of benzene rings is 2. The molecule has 1 heterocycles. The van der Waals surface area contributed by atoms with Gasteiger partial charge in [-0.3, -0.25) is 9.69 Å². The maximum absolute atomic E-state index is 12.4. The normalized spacial score (nSPS) is 16.0. The van der Waals surface area contributed by atoms with E-state index < -0.39 is 0 Å². The number of fused-ring (bicyclic) bond motifs is 1. The van der Waals surface area contributed by atoms with E-state index in [1.165, 1.54) is 16.7 Å². The number of methoxy groups -OCH3 is 3. The van der Waals surface area contributed by atoms with Crippen molar-refractivity contribution in [2.75, 3.05) is 34.4 Å². The van der Waals surface area contributed by atoms with E-state index in [0.29, 0.717) is 24.6 Å². The Balaban J connectivity index is 1.89. The first-order valence-corrected chi connectivity index (χ1v) is 10.8. The number of carbonyl (C=O) groups is 1. The summed E-state index contributed by atoms with van der Waals surface area (Å²) in [4.78, 5) is 14.8. The molecular weight excluding hydrogens is 392 g/mol. The van der Waals surface area contributed by atoms with Gasteiger partial charge in [0.25, 0.3) is 0 Å². The fourth-order valence-electron chi connectivity index (χ4n) is 4.17. The van der Waals surface area contributed by atoms with Crippen molar-refractivity contribution in [2.45, 2.75) is 39.3 Å². The largest absolute Gasteiger partial charge is 0.497 e. The highest BCUT2D eigenvalue weighted by Crippen LogP contribution is 2.38. The molecule has 3 rings (SSSR count). The molecule has 168 valence electrons. The number of hydrogen-bond acceptors (Lipinski definition) is 5. The van der Waals surface area contributed by atoms with Crippen molar-refractivity contribution in [2.24, 2.45) is 5.92 Å². The lowest BCUT2D eigenvalue weighted by atomic mass is 9.91. The van der Waals surface area contributed by atoms with E-state index in [1.807, 2.05) is 12.1 Å². The van der Waals surface area contributed by atoms with Crippen molar-refractivity contribution in [1.82, 2.24) is 10.2 Å². The maximum atomic E-state index is 12.4. The summed E-state index contributed by atoms with van der Waals surface area (Å²) in [6.07, 6.45) is 1.44. The molecule has 0 aliphatic carbocycles. The average molecular weight is 427 g/mol. The second-order valence-corrected chi connectivity index (χ2v) is 8.40. The maximum Gasteiger partial charge on any atom is 0.220 e. The SMILES string of the molecule is COc1cccc(CN2CCc3cc(OC)c(OC)cc3C2CNC(=O)CC(C)C)c1. The van der Waals surface area contributed by atoms with E-state index >= 15 is 0 Å². The molecule has 0 bridgehead atoms. The van der Waals surface area contributed by atoms with Gasteiger partial charge in [0.1, 0.15) is 5.75 Å². The van der Waals surface area contributed by atoms with Crippen LogP contribution in [0, 0.1) is 5.92 Å². The number of amides is 1. The second kappa shape index (κ2) is 10.5. The quantitative estimate of drug-likeness (QED) is 0.657.